The fourth-order valence-corrected chi connectivity index (χ4v) is 2.21. The van der Waals surface area contributed by atoms with E-state index in [2.05, 4.69) is 12.2 Å². The van der Waals surface area contributed by atoms with Gasteiger partial charge in [-0.15, -0.1) is 0 Å². The average molecular weight is 256 g/mol. The summed E-state index contributed by atoms with van der Waals surface area (Å²) in [5.41, 5.74) is 0.0246. The second-order valence-electron chi connectivity index (χ2n) is 4.15. The van der Waals surface area contributed by atoms with E-state index >= 15 is 0 Å². The molecule has 2 atom stereocenters. The van der Waals surface area contributed by atoms with Crippen molar-refractivity contribution in [2.45, 2.75) is 25.9 Å². The van der Waals surface area contributed by atoms with Crippen molar-refractivity contribution in [3.05, 3.63) is 34.7 Å². The van der Waals surface area contributed by atoms with Crippen molar-refractivity contribution >= 4 is 10.8 Å². The van der Waals surface area contributed by atoms with E-state index in [-0.39, 0.29) is 5.56 Å². The third-order valence-electron chi connectivity index (χ3n) is 2.58. The molecule has 1 aromatic heterocycles. The molecule has 1 heterocycles. The summed E-state index contributed by atoms with van der Waals surface area (Å²) in [7, 11) is -0.727. The maximum atomic E-state index is 11.4. The zero-order valence-corrected chi connectivity index (χ0v) is 11.2. The number of hydrogen-bond donors (Lipinski definition) is 1. The Hall–Kier alpha value is -0.940. The predicted octanol–water partition coefficient (Wildman–Crippen LogP) is 0.595. The highest BCUT2D eigenvalue weighted by molar-refractivity contribution is 7.84. The van der Waals surface area contributed by atoms with E-state index in [1.165, 1.54) is 0 Å². The van der Waals surface area contributed by atoms with Gasteiger partial charge in [0, 0.05) is 54.2 Å². The second-order valence-corrected chi connectivity index (χ2v) is 5.71. The van der Waals surface area contributed by atoms with Crippen molar-refractivity contribution in [2.24, 2.45) is 0 Å². The van der Waals surface area contributed by atoms with Gasteiger partial charge in [0.2, 0.25) is 0 Å². The number of nitrogens with zero attached hydrogens (tertiary/aromatic N) is 1. The predicted molar refractivity (Wildman–Crippen MR) is 71.7 cm³/mol. The number of aromatic nitrogens is 1. The Labute approximate surface area is 105 Å². The zero-order chi connectivity index (χ0) is 12.7. The van der Waals surface area contributed by atoms with E-state index in [9.17, 15) is 9.00 Å². The van der Waals surface area contributed by atoms with Crippen molar-refractivity contribution in [1.29, 1.82) is 0 Å². The molecular weight excluding hydrogens is 236 g/mol. The quantitative estimate of drug-likeness (QED) is 0.777. The summed E-state index contributed by atoms with van der Waals surface area (Å²) in [5, 5.41) is 3.32. The molecule has 0 amide bonds. The lowest BCUT2D eigenvalue weighted by Gasteiger charge is -2.13. The Balaban J connectivity index is 2.26. The molecule has 0 radical (unpaired) electrons. The van der Waals surface area contributed by atoms with Crippen molar-refractivity contribution < 1.29 is 4.21 Å². The Bertz CT molecular complexity index is 417. The van der Waals surface area contributed by atoms with Gasteiger partial charge in [-0.05, 0) is 19.4 Å². The SMILES string of the molecule is CC(CCS(C)=O)NCCn1ccccc1=O. The lowest BCUT2D eigenvalue weighted by Crippen LogP contribution is -2.32. The maximum absolute atomic E-state index is 11.4. The summed E-state index contributed by atoms with van der Waals surface area (Å²) >= 11 is 0. The fourth-order valence-electron chi connectivity index (χ4n) is 1.52. The minimum Gasteiger partial charge on any atom is -0.314 e. The van der Waals surface area contributed by atoms with Gasteiger partial charge in [-0.3, -0.25) is 9.00 Å². The summed E-state index contributed by atoms with van der Waals surface area (Å²) in [6, 6.07) is 5.48. The highest BCUT2D eigenvalue weighted by Gasteiger charge is 2.02. The molecule has 0 saturated carbocycles. The van der Waals surface area contributed by atoms with Gasteiger partial charge >= 0.3 is 0 Å². The van der Waals surface area contributed by atoms with Gasteiger partial charge in [-0.25, -0.2) is 0 Å². The summed E-state index contributed by atoms with van der Waals surface area (Å²) in [6.45, 7) is 3.49. The highest BCUT2D eigenvalue weighted by atomic mass is 32.2. The first-order valence-corrected chi connectivity index (χ1v) is 7.51. The van der Waals surface area contributed by atoms with Crippen LogP contribution >= 0.6 is 0 Å². The molecule has 0 aliphatic heterocycles. The molecule has 5 heteroatoms. The zero-order valence-electron chi connectivity index (χ0n) is 10.4. The molecule has 0 spiro atoms. The van der Waals surface area contributed by atoms with Gasteiger partial charge in [0.25, 0.3) is 5.56 Å². The molecule has 0 aliphatic rings. The molecule has 0 bridgehead atoms. The van der Waals surface area contributed by atoms with Gasteiger partial charge in [-0.1, -0.05) is 6.07 Å². The van der Waals surface area contributed by atoms with Crippen LogP contribution in [-0.2, 0) is 17.3 Å². The van der Waals surface area contributed by atoms with Gasteiger partial charge < -0.3 is 9.88 Å². The third-order valence-corrected chi connectivity index (χ3v) is 3.39. The van der Waals surface area contributed by atoms with Crippen LogP contribution in [0.2, 0.25) is 0 Å². The molecule has 96 valence electrons. The van der Waals surface area contributed by atoms with Gasteiger partial charge in [0.1, 0.15) is 0 Å². The second kappa shape index (κ2) is 7.40. The van der Waals surface area contributed by atoms with E-state index in [4.69, 9.17) is 0 Å². The molecule has 1 aromatic rings. The fraction of sp³-hybridized carbons (Fsp3) is 0.583. The van der Waals surface area contributed by atoms with E-state index in [1.807, 2.05) is 6.07 Å². The highest BCUT2D eigenvalue weighted by Crippen LogP contribution is 1.92. The summed E-state index contributed by atoms with van der Waals surface area (Å²) in [4.78, 5) is 11.4. The Morgan fingerprint density at radius 1 is 1.47 bits per heavy atom. The van der Waals surface area contributed by atoms with E-state index < -0.39 is 10.8 Å². The van der Waals surface area contributed by atoms with Crippen LogP contribution in [0.1, 0.15) is 13.3 Å². The van der Waals surface area contributed by atoms with Gasteiger partial charge in [-0.2, -0.15) is 0 Å². The standard InChI is InChI=1S/C12H20N2O2S/c1-11(6-10-17(2)16)13-7-9-14-8-4-3-5-12(14)15/h3-5,8,11,13H,6-7,9-10H2,1-2H3. The van der Waals surface area contributed by atoms with Gasteiger partial charge in [0.05, 0.1) is 0 Å². The summed E-state index contributed by atoms with van der Waals surface area (Å²) in [6.07, 6.45) is 4.40. The molecule has 1 N–H and O–H groups in total. The Morgan fingerprint density at radius 3 is 2.88 bits per heavy atom. The van der Waals surface area contributed by atoms with E-state index in [0.717, 1.165) is 18.7 Å². The van der Waals surface area contributed by atoms with Crippen LogP contribution in [0.15, 0.2) is 29.2 Å². The average Bonchev–Trinajstić information content (AvgIpc) is 2.29. The summed E-state index contributed by atoms with van der Waals surface area (Å²) in [5.74, 6) is 0.722. The van der Waals surface area contributed by atoms with Gasteiger partial charge in [0.15, 0.2) is 0 Å². The van der Waals surface area contributed by atoms with Crippen molar-refractivity contribution in [3.63, 3.8) is 0 Å². The summed E-state index contributed by atoms with van der Waals surface area (Å²) < 4.78 is 12.6. The lowest BCUT2D eigenvalue weighted by atomic mass is 10.2. The minimum absolute atomic E-state index is 0.0246. The first-order chi connectivity index (χ1) is 8.09. The minimum atomic E-state index is -0.727. The topological polar surface area (TPSA) is 51.1 Å². The van der Waals surface area contributed by atoms with Crippen molar-refractivity contribution in [3.8, 4) is 0 Å². The van der Waals surface area contributed by atoms with Crippen LogP contribution in [0.5, 0.6) is 0 Å². The molecular formula is C12H20N2O2S. The monoisotopic (exact) mass is 256 g/mol. The van der Waals surface area contributed by atoms with Crippen LogP contribution in [0.4, 0.5) is 0 Å². The third kappa shape index (κ3) is 5.79. The maximum Gasteiger partial charge on any atom is 0.250 e. The van der Waals surface area contributed by atoms with E-state index in [0.29, 0.717) is 12.6 Å². The molecule has 2 unspecified atom stereocenters. The Kier molecular flexibility index (Phi) is 6.15. The number of nitrogens with one attached hydrogen (secondary N) is 1. The van der Waals surface area contributed by atoms with Crippen LogP contribution in [0, 0.1) is 0 Å². The van der Waals surface area contributed by atoms with Crippen molar-refractivity contribution in [1.82, 2.24) is 9.88 Å². The molecule has 17 heavy (non-hydrogen) atoms. The first kappa shape index (κ1) is 14.1. The van der Waals surface area contributed by atoms with Crippen molar-refractivity contribution in [2.75, 3.05) is 18.6 Å². The molecule has 0 aliphatic carbocycles. The molecule has 0 saturated heterocycles. The largest absolute Gasteiger partial charge is 0.314 e. The molecule has 0 aromatic carbocycles. The van der Waals surface area contributed by atoms with Crippen LogP contribution in [0.25, 0.3) is 0 Å². The van der Waals surface area contributed by atoms with Crippen LogP contribution < -0.4 is 10.9 Å². The number of rotatable bonds is 7. The number of pyridine rings is 1. The Morgan fingerprint density at radius 2 is 2.24 bits per heavy atom. The molecule has 4 nitrogen and oxygen atoms in total. The molecule has 1 rings (SSSR count). The normalized spacial score (nSPS) is 14.5. The first-order valence-electron chi connectivity index (χ1n) is 5.78. The van der Waals surface area contributed by atoms with E-state index in [1.54, 1.807) is 29.2 Å². The molecule has 0 fully saturated rings. The number of hydrogen-bond acceptors (Lipinski definition) is 3. The van der Waals surface area contributed by atoms with Crippen LogP contribution in [-0.4, -0.2) is 33.4 Å². The smallest absolute Gasteiger partial charge is 0.250 e. The lowest BCUT2D eigenvalue weighted by molar-refractivity contribution is 0.500. The van der Waals surface area contributed by atoms with Crippen LogP contribution in [0.3, 0.4) is 0 Å².